The van der Waals surface area contributed by atoms with Crippen LogP contribution in [0.15, 0.2) is 66.7 Å². The Kier molecular flexibility index (Phi) is 9.95. The molecule has 1 aliphatic rings. The Bertz CT molecular complexity index is 1310. The molecule has 40 heavy (non-hydrogen) atoms. The second-order valence-corrected chi connectivity index (χ2v) is 10.3. The largest absolute Gasteiger partial charge is 0.491 e. The van der Waals surface area contributed by atoms with Gasteiger partial charge in [-0.15, -0.1) is 0 Å². The predicted octanol–water partition coefficient (Wildman–Crippen LogP) is 7.06. The number of esters is 2. The number of unbranched alkanes of at least 4 members (excludes halogenated alkanes) is 3. The molecular weight excluding hydrogens is 508 g/mol. The normalized spacial score (nSPS) is 15.0. The first-order valence-corrected chi connectivity index (χ1v) is 14.0. The van der Waals surface area contributed by atoms with Crippen LogP contribution < -0.4 is 9.47 Å². The van der Waals surface area contributed by atoms with Crippen LogP contribution in [0, 0.1) is 0 Å². The summed E-state index contributed by atoms with van der Waals surface area (Å²) in [4.78, 5) is 36.5. The van der Waals surface area contributed by atoms with E-state index in [1.165, 1.54) is 19.3 Å². The van der Waals surface area contributed by atoms with E-state index in [9.17, 15) is 19.5 Å². The van der Waals surface area contributed by atoms with Crippen molar-refractivity contribution in [1.29, 1.82) is 0 Å². The minimum absolute atomic E-state index is 0.112. The van der Waals surface area contributed by atoms with Crippen LogP contribution in [0.25, 0.3) is 0 Å². The van der Waals surface area contributed by atoms with E-state index in [1.807, 2.05) is 0 Å². The standard InChI is InChI=1S/C33H36O7/c1-3-4-5-6-7-22(2)38-28-15-10-23(11-16-28)32(36)39-29-17-12-24(13-18-29)33(37)40-30-19-14-25-20-27(31(34)35)9-8-26(25)21-30/h8-13,15-18,20,22,30H,3-7,14,19,21H2,1-2H3,(H,34,35)/t22-,30?/m1/s1. The average molecular weight is 545 g/mol. The zero-order valence-corrected chi connectivity index (χ0v) is 23.1. The minimum Gasteiger partial charge on any atom is -0.491 e. The third-order valence-corrected chi connectivity index (χ3v) is 7.10. The van der Waals surface area contributed by atoms with Gasteiger partial charge in [0.1, 0.15) is 17.6 Å². The molecule has 1 aliphatic carbocycles. The fourth-order valence-electron chi connectivity index (χ4n) is 4.82. The van der Waals surface area contributed by atoms with Crippen LogP contribution in [0.3, 0.4) is 0 Å². The van der Waals surface area contributed by atoms with Gasteiger partial charge in [0.25, 0.3) is 0 Å². The predicted molar refractivity (Wildman–Crippen MR) is 151 cm³/mol. The number of rotatable bonds is 12. The number of hydrogen-bond donors (Lipinski definition) is 1. The number of carbonyl (C=O) groups excluding carboxylic acids is 2. The Morgan fingerprint density at radius 3 is 2.15 bits per heavy atom. The number of aryl methyl sites for hydroxylation is 1. The number of carbonyl (C=O) groups is 3. The fourth-order valence-corrected chi connectivity index (χ4v) is 4.82. The number of benzene rings is 3. The molecule has 3 aromatic rings. The van der Waals surface area contributed by atoms with Crippen LogP contribution >= 0.6 is 0 Å². The molecular formula is C33H36O7. The van der Waals surface area contributed by atoms with Crippen LogP contribution in [0.1, 0.15) is 94.6 Å². The third kappa shape index (κ3) is 7.94. The molecule has 3 aromatic carbocycles. The highest BCUT2D eigenvalue weighted by molar-refractivity contribution is 5.92. The highest BCUT2D eigenvalue weighted by Crippen LogP contribution is 2.26. The summed E-state index contributed by atoms with van der Waals surface area (Å²) in [6.07, 6.45) is 7.44. The summed E-state index contributed by atoms with van der Waals surface area (Å²) < 4.78 is 17.1. The molecule has 0 saturated carbocycles. The number of ether oxygens (including phenoxy) is 3. The summed E-state index contributed by atoms with van der Waals surface area (Å²) in [5.41, 5.74) is 3.00. The molecule has 210 valence electrons. The van der Waals surface area contributed by atoms with E-state index in [1.54, 1.807) is 66.7 Å². The highest BCUT2D eigenvalue weighted by Gasteiger charge is 2.23. The maximum Gasteiger partial charge on any atom is 0.343 e. The molecule has 0 radical (unpaired) electrons. The van der Waals surface area contributed by atoms with Gasteiger partial charge in [0.05, 0.1) is 22.8 Å². The van der Waals surface area contributed by atoms with Gasteiger partial charge in [-0.25, -0.2) is 14.4 Å². The summed E-state index contributed by atoms with van der Waals surface area (Å²) in [5, 5.41) is 9.18. The lowest BCUT2D eigenvalue weighted by molar-refractivity contribution is 0.0271. The van der Waals surface area contributed by atoms with Gasteiger partial charge in [0.15, 0.2) is 0 Å². The summed E-state index contributed by atoms with van der Waals surface area (Å²) in [5.74, 6) is -0.867. The van der Waals surface area contributed by atoms with Gasteiger partial charge in [-0.2, -0.15) is 0 Å². The molecule has 7 nitrogen and oxygen atoms in total. The highest BCUT2D eigenvalue weighted by atomic mass is 16.5. The third-order valence-electron chi connectivity index (χ3n) is 7.10. The molecule has 1 N–H and O–H groups in total. The SMILES string of the molecule is CCCCCC[C@@H](C)Oc1ccc(C(=O)Oc2ccc(C(=O)OC3CCc4cc(C(=O)O)ccc4C3)cc2)cc1. The average Bonchev–Trinajstić information content (AvgIpc) is 2.95. The summed E-state index contributed by atoms with van der Waals surface area (Å²) >= 11 is 0. The van der Waals surface area contributed by atoms with Gasteiger partial charge in [-0.3, -0.25) is 0 Å². The maximum atomic E-state index is 12.7. The van der Waals surface area contributed by atoms with E-state index in [0.717, 1.165) is 24.0 Å². The van der Waals surface area contributed by atoms with Crippen LogP contribution in [0.4, 0.5) is 0 Å². The lowest BCUT2D eigenvalue weighted by Crippen LogP contribution is -2.25. The molecule has 0 bridgehead atoms. The molecule has 1 unspecified atom stereocenters. The van der Waals surface area contributed by atoms with Crippen LogP contribution in [0.2, 0.25) is 0 Å². The molecule has 0 heterocycles. The first-order valence-electron chi connectivity index (χ1n) is 14.0. The Balaban J connectivity index is 1.25. The molecule has 0 saturated heterocycles. The van der Waals surface area contributed by atoms with Gasteiger partial charge in [-0.05, 0) is 104 Å². The van der Waals surface area contributed by atoms with Crippen molar-refractivity contribution in [3.63, 3.8) is 0 Å². The van der Waals surface area contributed by atoms with E-state index in [0.29, 0.717) is 41.9 Å². The van der Waals surface area contributed by atoms with Crippen LogP contribution in [0.5, 0.6) is 11.5 Å². The summed E-state index contributed by atoms with van der Waals surface area (Å²) in [6, 6.07) is 18.2. The van der Waals surface area contributed by atoms with Crippen LogP contribution in [-0.2, 0) is 17.6 Å². The van der Waals surface area contributed by atoms with Gasteiger partial charge < -0.3 is 19.3 Å². The quantitative estimate of drug-likeness (QED) is 0.148. The number of hydrogen-bond acceptors (Lipinski definition) is 6. The smallest absolute Gasteiger partial charge is 0.343 e. The number of carboxylic acids is 1. The molecule has 0 fully saturated rings. The molecule has 7 heteroatoms. The molecule has 0 aliphatic heterocycles. The Hall–Kier alpha value is -4.13. The minimum atomic E-state index is -0.952. The Morgan fingerprint density at radius 2 is 1.48 bits per heavy atom. The van der Waals surface area contributed by atoms with Gasteiger partial charge in [0, 0.05) is 6.42 Å². The topological polar surface area (TPSA) is 99.1 Å². The fraction of sp³-hybridized carbons (Fsp3) is 0.364. The first kappa shape index (κ1) is 28.9. The van der Waals surface area contributed by atoms with Crippen molar-refractivity contribution in [2.45, 2.75) is 77.4 Å². The monoisotopic (exact) mass is 544 g/mol. The maximum absolute atomic E-state index is 12.7. The lowest BCUT2D eigenvalue weighted by Gasteiger charge is -2.25. The van der Waals surface area contributed by atoms with E-state index in [4.69, 9.17) is 14.2 Å². The molecule has 0 spiro atoms. The van der Waals surface area contributed by atoms with Gasteiger partial charge in [0.2, 0.25) is 0 Å². The Labute approximate surface area is 235 Å². The lowest BCUT2D eigenvalue weighted by atomic mass is 9.88. The molecule has 4 rings (SSSR count). The van der Waals surface area contributed by atoms with E-state index >= 15 is 0 Å². The summed E-state index contributed by atoms with van der Waals surface area (Å²) in [6.45, 7) is 4.25. The second-order valence-electron chi connectivity index (χ2n) is 10.3. The van der Waals surface area contributed by atoms with Gasteiger partial charge in [-0.1, -0.05) is 32.3 Å². The van der Waals surface area contributed by atoms with E-state index in [-0.39, 0.29) is 17.8 Å². The van der Waals surface area contributed by atoms with Crippen LogP contribution in [-0.4, -0.2) is 35.2 Å². The number of aromatic carboxylic acids is 1. The number of carboxylic acid groups (broad SMARTS) is 1. The van der Waals surface area contributed by atoms with Crippen molar-refractivity contribution in [2.75, 3.05) is 0 Å². The molecule has 0 aromatic heterocycles. The van der Waals surface area contributed by atoms with Crippen molar-refractivity contribution in [3.8, 4) is 11.5 Å². The Morgan fingerprint density at radius 1 is 0.825 bits per heavy atom. The van der Waals surface area contributed by atoms with Crippen molar-refractivity contribution in [1.82, 2.24) is 0 Å². The zero-order valence-electron chi connectivity index (χ0n) is 23.1. The molecule has 2 atom stereocenters. The molecule has 0 amide bonds. The van der Waals surface area contributed by atoms with E-state index in [2.05, 4.69) is 13.8 Å². The first-order chi connectivity index (χ1) is 19.3. The van der Waals surface area contributed by atoms with Crippen molar-refractivity contribution in [3.05, 3.63) is 94.5 Å². The van der Waals surface area contributed by atoms with Crippen molar-refractivity contribution in [2.24, 2.45) is 0 Å². The number of fused-ring (bicyclic) bond motifs is 1. The summed E-state index contributed by atoms with van der Waals surface area (Å²) in [7, 11) is 0. The second kappa shape index (κ2) is 13.8. The van der Waals surface area contributed by atoms with Crippen molar-refractivity contribution >= 4 is 17.9 Å². The van der Waals surface area contributed by atoms with Crippen molar-refractivity contribution < 1.29 is 33.7 Å². The van der Waals surface area contributed by atoms with Gasteiger partial charge >= 0.3 is 17.9 Å². The van der Waals surface area contributed by atoms with E-state index < -0.39 is 17.9 Å². The zero-order chi connectivity index (χ0) is 28.5.